The predicted octanol–water partition coefficient (Wildman–Crippen LogP) is 4.30. The summed E-state index contributed by atoms with van der Waals surface area (Å²) < 4.78 is 16.0. The number of ether oxygens (including phenoxy) is 3. The molecule has 0 amide bonds. The van der Waals surface area contributed by atoms with Gasteiger partial charge in [-0.3, -0.25) is 0 Å². The van der Waals surface area contributed by atoms with Crippen LogP contribution in [0.4, 0.5) is 0 Å². The number of hydrogen-bond donors (Lipinski definition) is 0. The Bertz CT molecular complexity index is 529. The molecule has 5 heteroatoms. The molecule has 3 nitrogen and oxygen atoms in total. The molecule has 1 aromatic heterocycles. The van der Waals surface area contributed by atoms with Crippen molar-refractivity contribution in [3.63, 3.8) is 0 Å². The van der Waals surface area contributed by atoms with E-state index in [4.69, 9.17) is 25.8 Å². The maximum Gasteiger partial charge on any atom is 0.203 e. The molecule has 0 aliphatic rings. The van der Waals surface area contributed by atoms with E-state index in [1.807, 2.05) is 23.6 Å². The first-order chi connectivity index (χ1) is 9.69. The van der Waals surface area contributed by atoms with Gasteiger partial charge in [0.25, 0.3) is 0 Å². The van der Waals surface area contributed by atoms with E-state index < -0.39 is 0 Å². The summed E-state index contributed by atoms with van der Waals surface area (Å²) in [5.41, 5.74) is 0.953. The van der Waals surface area contributed by atoms with E-state index in [1.54, 1.807) is 32.7 Å². The molecule has 1 atom stereocenters. The molecular formula is C15H17ClO3S. The summed E-state index contributed by atoms with van der Waals surface area (Å²) in [5, 5.41) is 1.91. The van der Waals surface area contributed by atoms with Gasteiger partial charge in [-0.15, -0.1) is 22.9 Å². The molecular weight excluding hydrogens is 296 g/mol. The molecule has 0 aliphatic heterocycles. The quantitative estimate of drug-likeness (QED) is 0.744. The van der Waals surface area contributed by atoms with Crippen LogP contribution in [0.3, 0.4) is 0 Å². The van der Waals surface area contributed by atoms with Crippen LogP contribution < -0.4 is 14.2 Å². The monoisotopic (exact) mass is 312 g/mol. The third kappa shape index (κ3) is 3.19. The number of thiophene rings is 1. The lowest BCUT2D eigenvalue weighted by molar-refractivity contribution is 0.323. The Morgan fingerprint density at radius 2 is 1.75 bits per heavy atom. The van der Waals surface area contributed by atoms with E-state index in [-0.39, 0.29) is 5.38 Å². The highest BCUT2D eigenvalue weighted by atomic mass is 35.5. The Morgan fingerprint density at radius 1 is 1.10 bits per heavy atom. The van der Waals surface area contributed by atoms with E-state index in [0.717, 1.165) is 12.0 Å². The van der Waals surface area contributed by atoms with Crippen molar-refractivity contribution in [1.29, 1.82) is 0 Å². The highest BCUT2D eigenvalue weighted by molar-refractivity contribution is 7.09. The van der Waals surface area contributed by atoms with Crippen molar-refractivity contribution in [1.82, 2.24) is 0 Å². The fraction of sp³-hybridized carbons (Fsp3) is 0.333. The molecule has 0 spiro atoms. The standard InChI is InChI=1S/C15H17ClO3S/c1-17-13-7-10(8-14(18-2)15(13)19-3)12(16)9-11-5-4-6-20-11/h4-8,12H,9H2,1-3H3. The molecule has 0 saturated carbocycles. The summed E-state index contributed by atoms with van der Waals surface area (Å²) in [6.45, 7) is 0. The van der Waals surface area contributed by atoms with Crippen LogP contribution in [0.25, 0.3) is 0 Å². The molecule has 1 unspecified atom stereocenters. The fourth-order valence-corrected chi connectivity index (χ4v) is 3.14. The van der Waals surface area contributed by atoms with Gasteiger partial charge in [-0.1, -0.05) is 6.07 Å². The Labute approximate surface area is 128 Å². The van der Waals surface area contributed by atoms with Crippen LogP contribution in [0.15, 0.2) is 29.6 Å². The van der Waals surface area contributed by atoms with E-state index >= 15 is 0 Å². The topological polar surface area (TPSA) is 27.7 Å². The molecule has 0 aliphatic carbocycles. The van der Waals surface area contributed by atoms with Gasteiger partial charge in [0.15, 0.2) is 11.5 Å². The summed E-state index contributed by atoms with van der Waals surface area (Å²) in [7, 11) is 4.79. The van der Waals surface area contributed by atoms with Crippen LogP contribution in [0.5, 0.6) is 17.2 Å². The van der Waals surface area contributed by atoms with Crippen LogP contribution in [0, 0.1) is 0 Å². The number of methoxy groups -OCH3 is 3. The summed E-state index contributed by atoms with van der Waals surface area (Å²) >= 11 is 8.21. The smallest absolute Gasteiger partial charge is 0.203 e. The second-order valence-corrected chi connectivity index (χ2v) is 5.77. The maximum absolute atomic E-state index is 6.51. The number of halogens is 1. The number of hydrogen-bond acceptors (Lipinski definition) is 4. The van der Waals surface area contributed by atoms with Crippen LogP contribution >= 0.6 is 22.9 Å². The average molecular weight is 313 g/mol. The number of benzene rings is 1. The minimum absolute atomic E-state index is 0.137. The van der Waals surface area contributed by atoms with Gasteiger partial charge in [0.2, 0.25) is 5.75 Å². The van der Waals surface area contributed by atoms with Crippen molar-refractivity contribution >= 4 is 22.9 Å². The lowest BCUT2D eigenvalue weighted by Crippen LogP contribution is -2.00. The van der Waals surface area contributed by atoms with Gasteiger partial charge in [0, 0.05) is 11.3 Å². The molecule has 1 heterocycles. The van der Waals surface area contributed by atoms with Crippen molar-refractivity contribution in [3.8, 4) is 17.2 Å². The van der Waals surface area contributed by atoms with Gasteiger partial charge in [0.1, 0.15) is 0 Å². The predicted molar refractivity (Wildman–Crippen MR) is 82.7 cm³/mol. The van der Waals surface area contributed by atoms with Gasteiger partial charge in [-0.25, -0.2) is 0 Å². The first-order valence-corrected chi connectivity index (χ1v) is 7.47. The first-order valence-electron chi connectivity index (χ1n) is 6.16. The van der Waals surface area contributed by atoms with Crippen LogP contribution in [0.2, 0.25) is 0 Å². The normalized spacial score (nSPS) is 12.0. The largest absolute Gasteiger partial charge is 0.493 e. The zero-order valence-corrected chi connectivity index (χ0v) is 13.3. The first kappa shape index (κ1) is 15.0. The second kappa shape index (κ2) is 6.86. The summed E-state index contributed by atoms with van der Waals surface area (Å²) in [4.78, 5) is 1.25. The molecule has 2 aromatic rings. The van der Waals surface area contributed by atoms with Gasteiger partial charge in [-0.05, 0) is 29.1 Å². The summed E-state index contributed by atoms with van der Waals surface area (Å²) in [6, 6.07) is 7.90. The Balaban J connectivity index is 2.31. The SMILES string of the molecule is COc1cc(C(Cl)Cc2cccs2)cc(OC)c1OC. The summed E-state index contributed by atoms with van der Waals surface area (Å²) in [6.07, 6.45) is 0.776. The van der Waals surface area contributed by atoms with E-state index in [9.17, 15) is 0 Å². The molecule has 2 rings (SSSR count). The molecule has 1 aromatic carbocycles. The molecule has 0 radical (unpaired) electrons. The van der Waals surface area contributed by atoms with Crippen molar-refractivity contribution in [2.24, 2.45) is 0 Å². The van der Waals surface area contributed by atoms with Crippen molar-refractivity contribution in [2.75, 3.05) is 21.3 Å². The van der Waals surface area contributed by atoms with Crippen LogP contribution in [-0.4, -0.2) is 21.3 Å². The highest BCUT2D eigenvalue weighted by Gasteiger charge is 2.18. The molecule has 108 valence electrons. The molecule has 20 heavy (non-hydrogen) atoms. The highest BCUT2D eigenvalue weighted by Crippen LogP contribution is 2.41. The third-order valence-corrected chi connectivity index (χ3v) is 4.31. The number of rotatable bonds is 6. The molecule has 0 N–H and O–H groups in total. The third-order valence-electron chi connectivity index (χ3n) is 3.01. The molecule has 0 saturated heterocycles. The van der Waals surface area contributed by atoms with Crippen LogP contribution in [-0.2, 0) is 6.42 Å². The zero-order chi connectivity index (χ0) is 14.5. The van der Waals surface area contributed by atoms with Crippen molar-refractivity contribution in [2.45, 2.75) is 11.8 Å². The Kier molecular flexibility index (Phi) is 5.15. The lowest BCUT2D eigenvalue weighted by Gasteiger charge is -2.16. The van der Waals surface area contributed by atoms with Crippen molar-refractivity contribution in [3.05, 3.63) is 40.1 Å². The average Bonchev–Trinajstić information content (AvgIpc) is 2.98. The zero-order valence-electron chi connectivity index (χ0n) is 11.7. The van der Waals surface area contributed by atoms with E-state index in [0.29, 0.717) is 17.2 Å². The van der Waals surface area contributed by atoms with E-state index in [1.165, 1.54) is 4.88 Å². The van der Waals surface area contributed by atoms with Gasteiger partial charge in [0.05, 0.1) is 26.7 Å². The van der Waals surface area contributed by atoms with Gasteiger partial charge < -0.3 is 14.2 Å². The van der Waals surface area contributed by atoms with Gasteiger partial charge >= 0.3 is 0 Å². The minimum Gasteiger partial charge on any atom is -0.493 e. The maximum atomic E-state index is 6.51. The summed E-state index contributed by atoms with van der Waals surface area (Å²) in [5.74, 6) is 1.83. The van der Waals surface area contributed by atoms with E-state index in [2.05, 4.69) is 6.07 Å². The minimum atomic E-state index is -0.137. The Hall–Kier alpha value is -1.39. The second-order valence-electron chi connectivity index (χ2n) is 4.21. The fourth-order valence-electron chi connectivity index (χ4n) is 2.01. The lowest BCUT2D eigenvalue weighted by atomic mass is 10.1. The van der Waals surface area contributed by atoms with Crippen LogP contribution in [0.1, 0.15) is 15.8 Å². The van der Waals surface area contributed by atoms with Gasteiger partial charge in [-0.2, -0.15) is 0 Å². The number of alkyl halides is 1. The molecule has 0 bridgehead atoms. The van der Waals surface area contributed by atoms with Crippen molar-refractivity contribution < 1.29 is 14.2 Å². The molecule has 0 fully saturated rings. The Morgan fingerprint density at radius 3 is 2.20 bits per heavy atom.